The summed E-state index contributed by atoms with van der Waals surface area (Å²) in [4.78, 5) is 15.1. The molecule has 3 aromatic rings. The number of morpholine rings is 1. The number of nitrogens with zero attached hydrogens (tertiary/aromatic N) is 5. The lowest BCUT2D eigenvalue weighted by atomic mass is 10.1. The number of carbonyl (C=O) groups is 1. The van der Waals surface area contributed by atoms with E-state index in [4.69, 9.17) is 14.3 Å². The lowest BCUT2D eigenvalue weighted by molar-refractivity contribution is 0.0374. The number of hydrogen-bond acceptors (Lipinski definition) is 7. The molecule has 1 fully saturated rings. The van der Waals surface area contributed by atoms with Crippen molar-refractivity contribution in [1.29, 1.82) is 0 Å². The smallest absolute Gasteiger partial charge is 0.268 e. The van der Waals surface area contributed by atoms with Crippen LogP contribution in [0, 0.1) is 12.8 Å². The topological polar surface area (TPSA) is 98.3 Å². The molecule has 4 rings (SSSR count). The van der Waals surface area contributed by atoms with Gasteiger partial charge < -0.3 is 14.5 Å². The third-order valence-electron chi connectivity index (χ3n) is 5.54. The third-order valence-corrected chi connectivity index (χ3v) is 5.54. The molecular weight excluding hydrogens is 420 g/mol. The summed E-state index contributed by atoms with van der Waals surface area (Å²) in [5, 5.41) is 15.8. The number of nitrogens with one attached hydrogen (secondary N) is 1. The van der Waals surface area contributed by atoms with Crippen molar-refractivity contribution < 1.29 is 13.9 Å². The molecule has 33 heavy (non-hydrogen) atoms. The molecule has 1 aliphatic heterocycles. The van der Waals surface area contributed by atoms with Crippen molar-refractivity contribution in [2.45, 2.75) is 33.6 Å². The maximum absolute atomic E-state index is 12.8. The second-order valence-corrected chi connectivity index (χ2v) is 8.77. The number of aryl methyl sites for hydroxylation is 1. The highest BCUT2D eigenvalue weighted by molar-refractivity contribution is 5.94. The van der Waals surface area contributed by atoms with Gasteiger partial charge in [0.1, 0.15) is 5.69 Å². The second-order valence-electron chi connectivity index (χ2n) is 8.77. The predicted molar refractivity (Wildman–Crippen MR) is 124 cm³/mol. The number of benzene rings is 1. The van der Waals surface area contributed by atoms with Gasteiger partial charge in [-0.25, -0.2) is 4.68 Å². The van der Waals surface area contributed by atoms with Crippen molar-refractivity contribution in [2.75, 3.05) is 39.4 Å². The van der Waals surface area contributed by atoms with Crippen LogP contribution in [0.2, 0.25) is 0 Å². The highest BCUT2D eigenvalue weighted by Crippen LogP contribution is 2.23. The van der Waals surface area contributed by atoms with Crippen molar-refractivity contribution in [3.63, 3.8) is 0 Å². The molecule has 0 unspecified atom stereocenters. The van der Waals surface area contributed by atoms with Crippen LogP contribution >= 0.6 is 0 Å². The van der Waals surface area contributed by atoms with Crippen LogP contribution in [0.25, 0.3) is 17.3 Å². The summed E-state index contributed by atoms with van der Waals surface area (Å²) in [6.45, 7) is 11.2. The standard InChI is InChI=1S/C24H32N6O3/c1-17(2)14-21-16-22(24-27-26-18(3)33-24)28-30(21)20-7-4-6-19(15-20)23(31)25-8-5-9-29-10-12-32-13-11-29/h4,6-7,15-17H,5,8-14H2,1-3H3,(H,25,31). The molecule has 9 heteroatoms. The molecule has 0 atom stereocenters. The van der Waals surface area contributed by atoms with E-state index in [0.717, 1.165) is 57.1 Å². The summed E-state index contributed by atoms with van der Waals surface area (Å²) < 4.78 is 12.8. The SMILES string of the molecule is Cc1nnc(-c2cc(CC(C)C)n(-c3cccc(C(=O)NCCCN4CCOCC4)c3)n2)o1. The first-order valence-corrected chi connectivity index (χ1v) is 11.6. The largest absolute Gasteiger partial charge is 0.420 e. The Labute approximate surface area is 194 Å². The summed E-state index contributed by atoms with van der Waals surface area (Å²) >= 11 is 0. The molecule has 1 aliphatic rings. The van der Waals surface area contributed by atoms with E-state index in [2.05, 4.69) is 34.3 Å². The van der Waals surface area contributed by atoms with Crippen LogP contribution in [0.15, 0.2) is 34.7 Å². The van der Waals surface area contributed by atoms with Crippen molar-refractivity contribution in [1.82, 2.24) is 30.2 Å². The van der Waals surface area contributed by atoms with E-state index in [0.29, 0.717) is 35.5 Å². The second kappa shape index (κ2) is 10.7. The molecule has 2 aromatic heterocycles. The molecule has 1 saturated heterocycles. The van der Waals surface area contributed by atoms with Crippen LogP contribution in [0.3, 0.4) is 0 Å². The van der Waals surface area contributed by atoms with Gasteiger partial charge in [0.2, 0.25) is 5.89 Å². The quantitative estimate of drug-likeness (QED) is 0.499. The molecule has 1 aromatic carbocycles. The van der Waals surface area contributed by atoms with E-state index < -0.39 is 0 Å². The number of aromatic nitrogens is 4. The Hall–Kier alpha value is -3.04. The van der Waals surface area contributed by atoms with Crippen molar-refractivity contribution in [3.05, 3.63) is 47.5 Å². The number of ether oxygens (including phenoxy) is 1. The fourth-order valence-electron chi connectivity index (χ4n) is 3.92. The summed E-state index contributed by atoms with van der Waals surface area (Å²) in [6.07, 6.45) is 1.74. The lowest BCUT2D eigenvalue weighted by Gasteiger charge is -2.26. The van der Waals surface area contributed by atoms with E-state index in [1.807, 2.05) is 35.0 Å². The first kappa shape index (κ1) is 23.1. The van der Waals surface area contributed by atoms with Gasteiger partial charge in [0.15, 0.2) is 0 Å². The van der Waals surface area contributed by atoms with Crippen molar-refractivity contribution in [3.8, 4) is 17.3 Å². The Balaban J connectivity index is 1.45. The van der Waals surface area contributed by atoms with E-state index in [1.165, 1.54) is 0 Å². The van der Waals surface area contributed by atoms with Gasteiger partial charge in [0, 0.05) is 37.8 Å². The average molecular weight is 453 g/mol. The van der Waals surface area contributed by atoms with Crippen LogP contribution in [-0.2, 0) is 11.2 Å². The first-order chi connectivity index (χ1) is 16.0. The predicted octanol–water partition coefficient (Wildman–Crippen LogP) is 2.88. The zero-order valence-corrected chi connectivity index (χ0v) is 19.6. The number of rotatable bonds is 9. The molecular formula is C24H32N6O3. The minimum atomic E-state index is -0.0795. The Morgan fingerprint density at radius 3 is 2.73 bits per heavy atom. The number of amides is 1. The molecule has 0 saturated carbocycles. The van der Waals surface area contributed by atoms with Crippen molar-refractivity contribution >= 4 is 5.91 Å². The molecule has 0 aliphatic carbocycles. The monoisotopic (exact) mass is 452 g/mol. The van der Waals surface area contributed by atoms with Crippen molar-refractivity contribution in [2.24, 2.45) is 5.92 Å². The summed E-state index contributed by atoms with van der Waals surface area (Å²) in [5.41, 5.74) is 3.09. The normalized spacial score (nSPS) is 14.7. The van der Waals surface area contributed by atoms with Crippen LogP contribution < -0.4 is 5.32 Å². The maximum atomic E-state index is 12.8. The molecule has 0 spiro atoms. The van der Waals surface area contributed by atoms with E-state index in [1.54, 1.807) is 6.92 Å². The molecule has 1 N–H and O–H groups in total. The van der Waals surface area contributed by atoms with Gasteiger partial charge in [-0.05, 0) is 49.6 Å². The fraction of sp³-hybridized carbons (Fsp3) is 0.500. The minimum Gasteiger partial charge on any atom is -0.420 e. The van der Waals surface area contributed by atoms with Crippen LogP contribution in [-0.4, -0.2) is 70.2 Å². The summed E-state index contributed by atoms with van der Waals surface area (Å²) in [5.74, 6) is 1.25. The average Bonchev–Trinajstić information content (AvgIpc) is 3.43. The molecule has 1 amide bonds. The van der Waals surface area contributed by atoms with Gasteiger partial charge in [-0.1, -0.05) is 19.9 Å². The van der Waals surface area contributed by atoms with Gasteiger partial charge in [-0.3, -0.25) is 9.69 Å². The zero-order chi connectivity index (χ0) is 23.2. The Morgan fingerprint density at radius 1 is 1.18 bits per heavy atom. The fourth-order valence-corrected chi connectivity index (χ4v) is 3.92. The Morgan fingerprint density at radius 2 is 2.00 bits per heavy atom. The minimum absolute atomic E-state index is 0.0795. The molecule has 0 bridgehead atoms. The van der Waals surface area contributed by atoms with E-state index >= 15 is 0 Å². The molecule has 176 valence electrons. The van der Waals surface area contributed by atoms with E-state index in [-0.39, 0.29) is 5.91 Å². The maximum Gasteiger partial charge on any atom is 0.268 e. The highest BCUT2D eigenvalue weighted by atomic mass is 16.5. The zero-order valence-electron chi connectivity index (χ0n) is 19.6. The number of hydrogen-bond donors (Lipinski definition) is 1. The molecule has 3 heterocycles. The third kappa shape index (κ3) is 6.06. The van der Waals surface area contributed by atoms with Gasteiger partial charge in [-0.15, -0.1) is 10.2 Å². The van der Waals surface area contributed by atoms with Crippen LogP contribution in [0.1, 0.15) is 42.2 Å². The number of carbonyl (C=O) groups excluding carboxylic acids is 1. The Kier molecular flexibility index (Phi) is 7.51. The lowest BCUT2D eigenvalue weighted by Crippen LogP contribution is -2.38. The molecule has 9 nitrogen and oxygen atoms in total. The van der Waals surface area contributed by atoms with Gasteiger partial charge >= 0.3 is 0 Å². The Bertz CT molecular complexity index is 1070. The highest BCUT2D eigenvalue weighted by Gasteiger charge is 2.17. The van der Waals surface area contributed by atoms with Gasteiger partial charge in [0.05, 0.1) is 18.9 Å². The van der Waals surface area contributed by atoms with Crippen LogP contribution in [0.4, 0.5) is 0 Å². The van der Waals surface area contributed by atoms with Gasteiger partial charge in [0.25, 0.3) is 11.8 Å². The van der Waals surface area contributed by atoms with Gasteiger partial charge in [-0.2, -0.15) is 5.10 Å². The van der Waals surface area contributed by atoms with Crippen LogP contribution in [0.5, 0.6) is 0 Å². The summed E-state index contributed by atoms with van der Waals surface area (Å²) in [7, 11) is 0. The van der Waals surface area contributed by atoms with E-state index in [9.17, 15) is 4.79 Å². The summed E-state index contributed by atoms with van der Waals surface area (Å²) in [6, 6.07) is 9.52. The first-order valence-electron chi connectivity index (χ1n) is 11.6. The molecule has 0 radical (unpaired) electrons.